The molecule has 3 heteroatoms. The molecule has 3 heterocycles. The van der Waals surface area contributed by atoms with Crippen molar-refractivity contribution in [2.24, 2.45) is 0 Å². The van der Waals surface area contributed by atoms with Crippen molar-refractivity contribution in [3.63, 3.8) is 0 Å². The Bertz CT molecular complexity index is 3580. The molecule has 11 aromatic rings. The third-order valence-corrected chi connectivity index (χ3v) is 12.1. The van der Waals surface area contributed by atoms with E-state index in [1.165, 1.54) is 65.0 Å². The molecule has 0 spiro atoms. The van der Waals surface area contributed by atoms with Crippen molar-refractivity contribution in [1.29, 1.82) is 0 Å². The standard InChI is InChI=1S/C58H41N3/c1-3-4-5-14-37(2)53-20-12-22-55(60-53)52-36-44(54-21-13-23-57(61-54)56-19-10-11-30-59-56)35-50-47(52)28-29-48-51(50)34-40-17-8-9-18-46(40)58(48)43-26-27-45-41(32-43)24-25-42-31-38-15-6-7-16-39(38)33-49(42)45/h4-36H,3H2,1-2H3/b5-4-,37-14+. The molecular weight excluding hydrogens is 739 g/mol. The molecule has 11 rings (SSSR count). The van der Waals surface area contributed by atoms with Gasteiger partial charge in [0.15, 0.2) is 0 Å². The SMILES string of the molecule is CC/C=C\C=C(/C)c1cccc(-c2cc(-c3cccc(-c4ccccn4)n3)cc3c2ccc2c(-c4ccc5c(ccc6cc7ccccc7cc65)c4)c4ccccc4cc23)n1. The summed E-state index contributed by atoms with van der Waals surface area (Å²) < 4.78 is 0. The number of benzene rings is 8. The molecule has 0 aliphatic heterocycles. The summed E-state index contributed by atoms with van der Waals surface area (Å²) >= 11 is 0. The fourth-order valence-electron chi connectivity index (χ4n) is 9.05. The van der Waals surface area contributed by atoms with E-state index >= 15 is 0 Å². The molecule has 0 aliphatic rings. The minimum Gasteiger partial charge on any atom is -0.255 e. The van der Waals surface area contributed by atoms with E-state index in [4.69, 9.17) is 9.97 Å². The Labute approximate surface area is 355 Å². The summed E-state index contributed by atoms with van der Waals surface area (Å²) in [6.07, 6.45) is 9.24. The van der Waals surface area contributed by atoms with Crippen LogP contribution >= 0.6 is 0 Å². The Balaban J connectivity index is 1.16. The first kappa shape index (κ1) is 36.3. The monoisotopic (exact) mass is 779 g/mol. The number of fused-ring (bicyclic) bond motifs is 8. The molecule has 0 atom stereocenters. The van der Waals surface area contributed by atoms with Crippen molar-refractivity contribution in [1.82, 2.24) is 15.0 Å². The third-order valence-electron chi connectivity index (χ3n) is 12.1. The topological polar surface area (TPSA) is 38.7 Å². The summed E-state index contributed by atoms with van der Waals surface area (Å²) in [7, 11) is 0. The van der Waals surface area contributed by atoms with Gasteiger partial charge in [0.05, 0.1) is 28.5 Å². The number of pyridine rings is 3. The lowest BCUT2D eigenvalue weighted by Gasteiger charge is -2.17. The Morgan fingerprint density at radius 1 is 0.443 bits per heavy atom. The number of hydrogen-bond acceptors (Lipinski definition) is 3. The number of nitrogens with zero attached hydrogens (tertiary/aromatic N) is 3. The Morgan fingerprint density at radius 3 is 1.97 bits per heavy atom. The number of rotatable bonds is 7. The van der Waals surface area contributed by atoms with Crippen LogP contribution in [0.1, 0.15) is 26.0 Å². The van der Waals surface area contributed by atoms with Gasteiger partial charge in [-0.1, -0.05) is 128 Å². The highest BCUT2D eigenvalue weighted by Gasteiger charge is 2.18. The van der Waals surface area contributed by atoms with Gasteiger partial charge in [-0.2, -0.15) is 0 Å². The van der Waals surface area contributed by atoms with Crippen molar-refractivity contribution >= 4 is 70.2 Å². The molecular formula is C58H41N3. The second-order valence-corrected chi connectivity index (χ2v) is 15.9. The highest BCUT2D eigenvalue weighted by Crippen LogP contribution is 2.44. The van der Waals surface area contributed by atoms with Gasteiger partial charge >= 0.3 is 0 Å². The average molecular weight is 780 g/mol. The van der Waals surface area contributed by atoms with E-state index in [1.54, 1.807) is 0 Å². The van der Waals surface area contributed by atoms with Gasteiger partial charge in [0, 0.05) is 17.3 Å². The van der Waals surface area contributed by atoms with E-state index in [0.717, 1.165) is 62.4 Å². The molecule has 61 heavy (non-hydrogen) atoms. The van der Waals surface area contributed by atoms with Crippen LogP contribution in [0.2, 0.25) is 0 Å². The fourth-order valence-corrected chi connectivity index (χ4v) is 9.05. The van der Waals surface area contributed by atoms with Crippen molar-refractivity contribution in [3.05, 3.63) is 206 Å². The zero-order valence-corrected chi connectivity index (χ0v) is 34.1. The molecule has 0 bridgehead atoms. The van der Waals surface area contributed by atoms with E-state index in [-0.39, 0.29) is 0 Å². The number of hydrogen-bond donors (Lipinski definition) is 0. The Hall–Kier alpha value is -7.75. The fraction of sp³-hybridized carbons (Fsp3) is 0.0517. The highest BCUT2D eigenvalue weighted by atomic mass is 14.8. The normalized spacial score (nSPS) is 12.2. The Kier molecular flexibility index (Phi) is 9.01. The van der Waals surface area contributed by atoms with E-state index in [2.05, 4.69) is 189 Å². The van der Waals surface area contributed by atoms with Gasteiger partial charge in [-0.15, -0.1) is 0 Å². The summed E-state index contributed by atoms with van der Waals surface area (Å²) in [5, 5.41) is 14.7. The highest BCUT2D eigenvalue weighted by molar-refractivity contribution is 6.23. The van der Waals surface area contributed by atoms with Crippen LogP contribution in [0.3, 0.4) is 0 Å². The maximum Gasteiger partial charge on any atom is 0.0893 e. The van der Waals surface area contributed by atoms with Gasteiger partial charge in [-0.05, 0) is 167 Å². The zero-order chi connectivity index (χ0) is 40.9. The average Bonchev–Trinajstić information content (AvgIpc) is 3.32. The molecule has 8 aromatic carbocycles. The van der Waals surface area contributed by atoms with Gasteiger partial charge in [-0.25, -0.2) is 9.97 Å². The number of allylic oxidation sites excluding steroid dienone is 4. The van der Waals surface area contributed by atoms with Crippen LogP contribution in [-0.4, -0.2) is 15.0 Å². The molecule has 0 N–H and O–H groups in total. The summed E-state index contributed by atoms with van der Waals surface area (Å²) in [4.78, 5) is 15.1. The largest absolute Gasteiger partial charge is 0.255 e. The molecule has 0 radical (unpaired) electrons. The van der Waals surface area contributed by atoms with Gasteiger partial charge in [0.2, 0.25) is 0 Å². The quantitative estimate of drug-likeness (QED) is 0.0919. The lowest BCUT2D eigenvalue weighted by Crippen LogP contribution is -1.95. The summed E-state index contributed by atoms with van der Waals surface area (Å²) in [5.74, 6) is 0. The van der Waals surface area contributed by atoms with Gasteiger partial charge in [-0.3, -0.25) is 4.98 Å². The van der Waals surface area contributed by atoms with Crippen LogP contribution < -0.4 is 0 Å². The van der Waals surface area contributed by atoms with E-state index in [1.807, 2.05) is 30.5 Å². The molecule has 288 valence electrons. The van der Waals surface area contributed by atoms with E-state index < -0.39 is 0 Å². The summed E-state index contributed by atoms with van der Waals surface area (Å²) in [6.45, 7) is 4.28. The van der Waals surface area contributed by atoms with Crippen LogP contribution in [-0.2, 0) is 0 Å². The van der Waals surface area contributed by atoms with E-state index in [0.29, 0.717) is 0 Å². The molecule has 0 aliphatic carbocycles. The van der Waals surface area contributed by atoms with Crippen molar-refractivity contribution in [2.75, 3.05) is 0 Å². The first-order valence-corrected chi connectivity index (χ1v) is 21.1. The predicted molar refractivity (Wildman–Crippen MR) is 260 cm³/mol. The minimum absolute atomic E-state index is 0.837. The van der Waals surface area contributed by atoms with Crippen LogP contribution in [0, 0.1) is 0 Å². The van der Waals surface area contributed by atoms with Gasteiger partial charge < -0.3 is 0 Å². The second kappa shape index (κ2) is 15.1. The minimum atomic E-state index is 0.837. The first-order chi connectivity index (χ1) is 30.1. The molecule has 0 amide bonds. The lowest BCUT2D eigenvalue weighted by atomic mass is 9.87. The number of aromatic nitrogens is 3. The van der Waals surface area contributed by atoms with Crippen molar-refractivity contribution in [2.45, 2.75) is 20.3 Å². The molecule has 0 fully saturated rings. The lowest BCUT2D eigenvalue weighted by molar-refractivity contribution is 1.22. The Morgan fingerprint density at radius 2 is 1.11 bits per heavy atom. The predicted octanol–water partition coefficient (Wildman–Crippen LogP) is 15.8. The van der Waals surface area contributed by atoms with Crippen LogP contribution in [0.15, 0.2) is 200 Å². The maximum absolute atomic E-state index is 5.30. The smallest absolute Gasteiger partial charge is 0.0893 e. The maximum atomic E-state index is 5.30. The molecule has 0 unspecified atom stereocenters. The zero-order valence-electron chi connectivity index (χ0n) is 34.1. The van der Waals surface area contributed by atoms with E-state index in [9.17, 15) is 0 Å². The van der Waals surface area contributed by atoms with Crippen LogP contribution in [0.4, 0.5) is 0 Å². The molecule has 0 saturated heterocycles. The first-order valence-electron chi connectivity index (χ1n) is 21.1. The van der Waals surface area contributed by atoms with Crippen LogP contribution in [0.25, 0.3) is 115 Å². The second-order valence-electron chi connectivity index (χ2n) is 15.9. The van der Waals surface area contributed by atoms with Crippen molar-refractivity contribution < 1.29 is 0 Å². The van der Waals surface area contributed by atoms with Gasteiger partial charge in [0.25, 0.3) is 0 Å². The van der Waals surface area contributed by atoms with Crippen molar-refractivity contribution in [3.8, 4) is 45.0 Å². The summed E-state index contributed by atoms with van der Waals surface area (Å²) in [6, 6.07) is 63.7. The molecule has 0 saturated carbocycles. The van der Waals surface area contributed by atoms with Crippen LogP contribution in [0.5, 0.6) is 0 Å². The molecule has 3 aromatic heterocycles. The molecule has 3 nitrogen and oxygen atoms in total. The van der Waals surface area contributed by atoms with Gasteiger partial charge in [0.1, 0.15) is 0 Å². The third kappa shape index (κ3) is 6.52. The summed E-state index contributed by atoms with van der Waals surface area (Å²) in [5.41, 5.74) is 10.1.